The Morgan fingerprint density at radius 3 is 2.79 bits per heavy atom. The molecule has 9 nitrogen and oxygen atoms in total. The predicted molar refractivity (Wildman–Crippen MR) is 97.9 cm³/mol. The molecule has 5 unspecified atom stereocenters. The number of urea groups is 1. The largest absolute Gasteiger partial charge is 0.341 e. The van der Waals surface area contributed by atoms with Crippen LogP contribution in [0.1, 0.15) is 37.6 Å². The number of carbonyl (C=O) groups excluding carboxylic acids is 3. The first-order chi connectivity index (χ1) is 13.9. The van der Waals surface area contributed by atoms with Gasteiger partial charge < -0.3 is 15.2 Å². The van der Waals surface area contributed by atoms with E-state index in [1.807, 2.05) is 6.07 Å². The average molecular weight is 393 g/mol. The molecule has 3 heterocycles. The van der Waals surface area contributed by atoms with Gasteiger partial charge in [-0.3, -0.25) is 14.9 Å². The Morgan fingerprint density at radius 2 is 2.03 bits per heavy atom. The van der Waals surface area contributed by atoms with Crippen LogP contribution < -0.4 is 16.0 Å². The molecule has 0 radical (unpaired) electrons. The highest BCUT2D eigenvalue weighted by Gasteiger charge is 2.66. The molecule has 5 atom stereocenters. The van der Waals surface area contributed by atoms with E-state index in [-0.39, 0.29) is 17.7 Å². The van der Waals surface area contributed by atoms with Gasteiger partial charge in [-0.15, -0.1) is 0 Å². The molecule has 0 spiro atoms. The average Bonchev–Trinajstić information content (AvgIpc) is 3.46. The van der Waals surface area contributed by atoms with Gasteiger partial charge in [-0.05, 0) is 43.7 Å². The van der Waals surface area contributed by atoms with Gasteiger partial charge in [0.15, 0.2) is 0 Å². The van der Waals surface area contributed by atoms with Crippen LogP contribution in [0.15, 0.2) is 28.8 Å². The van der Waals surface area contributed by atoms with Gasteiger partial charge in [0.2, 0.25) is 11.7 Å². The number of aromatic nitrogens is 2. The van der Waals surface area contributed by atoms with Gasteiger partial charge in [-0.2, -0.15) is 4.98 Å². The first-order valence-electron chi connectivity index (χ1n) is 9.80. The molecule has 2 saturated heterocycles. The summed E-state index contributed by atoms with van der Waals surface area (Å²) in [6.45, 7) is 1.65. The third-order valence-electron chi connectivity index (χ3n) is 7.14. The summed E-state index contributed by atoms with van der Waals surface area (Å²) >= 11 is 0. The molecular formula is C20H19N5O4. The molecule has 1 aromatic carbocycles. The monoisotopic (exact) mass is 393 g/mol. The highest BCUT2D eigenvalue weighted by molar-refractivity contribution is 6.07. The van der Waals surface area contributed by atoms with Gasteiger partial charge in [0, 0.05) is 17.4 Å². The SMILES string of the molecule is CC1(c2cccc(-c3noc(C45CC6CC(C(=O)N4)C5C6)n3)c2)NC(=O)NC1=O. The second-order valence-corrected chi connectivity index (χ2v) is 8.75. The Hall–Kier alpha value is -3.23. The quantitative estimate of drug-likeness (QED) is 0.672. The molecular weight excluding hydrogens is 374 g/mol. The van der Waals surface area contributed by atoms with E-state index in [1.54, 1.807) is 25.1 Å². The normalized spacial score (nSPS) is 37.0. The number of benzene rings is 1. The molecule has 4 amide bonds. The lowest BCUT2D eigenvalue weighted by Crippen LogP contribution is -2.41. The second kappa shape index (κ2) is 5.22. The third kappa shape index (κ3) is 2.07. The summed E-state index contributed by atoms with van der Waals surface area (Å²) < 4.78 is 5.63. The van der Waals surface area contributed by atoms with Crippen molar-refractivity contribution in [2.24, 2.45) is 17.8 Å². The van der Waals surface area contributed by atoms with Crippen molar-refractivity contribution in [2.45, 2.75) is 37.3 Å². The molecule has 2 aromatic rings. The predicted octanol–water partition coefficient (Wildman–Crippen LogP) is 1.16. The Labute approximate surface area is 165 Å². The Balaban J connectivity index is 1.36. The Bertz CT molecular complexity index is 1100. The van der Waals surface area contributed by atoms with Crippen LogP contribution in [0.4, 0.5) is 4.79 Å². The maximum absolute atomic E-state index is 12.4. The molecule has 2 saturated carbocycles. The van der Waals surface area contributed by atoms with Crippen molar-refractivity contribution >= 4 is 17.8 Å². The number of nitrogens with one attached hydrogen (secondary N) is 3. The van der Waals surface area contributed by atoms with Crippen LogP contribution in [0.5, 0.6) is 0 Å². The summed E-state index contributed by atoms with van der Waals surface area (Å²) in [5.74, 6) is 1.32. The van der Waals surface area contributed by atoms with Crippen LogP contribution in [-0.4, -0.2) is 28.0 Å². The number of amides is 4. The first kappa shape index (κ1) is 16.7. The van der Waals surface area contributed by atoms with Crippen molar-refractivity contribution < 1.29 is 18.9 Å². The molecule has 1 aromatic heterocycles. The zero-order chi connectivity index (χ0) is 20.0. The number of rotatable bonds is 3. The van der Waals surface area contributed by atoms with Crippen LogP contribution in [0.25, 0.3) is 11.4 Å². The zero-order valence-electron chi connectivity index (χ0n) is 15.7. The van der Waals surface area contributed by atoms with Crippen molar-refractivity contribution in [2.75, 3.05) is 0 Å². The molecule has 6 rings (SSSR count). The number of hydrogen-bond acceptors (Lipinski definition) is 6. The zero-order valence-corrected chi connectivity index (χ0v) is 15.7. The maximum Gasteiger partial charge on any atom is 0.322 e. The van der Waals surface area contributed by atoms with Gasteiger partial charge in [0.05, 0.1) is 0 Å². The minimum atomic E-state index is -1.16. The number of hydrogen-bond donors (Lipinski definition) is 3. The summed E-state index contributed by atoms with van der Waals surface area (Å²) in [4.78, 5) is 40.8. The van der Waals surface area contributed by atoms with Gasteiger partial charge in [-0.1, -0.05) is 23.4 Å². The third-order valence-corrected chi connectivity index (χ3v) is 7.14. The van der Waals surface area contributed by atoms with Crippen LogP contribution >= 0.6 is 0 Å². The number of imide groups is 1. The minimum Gasteiger partial charge on any atom is -0.341 e. The molecule has 148 valence electrons. The van der Waals surface area contributed by atoms with E-state index in [4.69, 9.17) is 4.52 Å². The Kier molecular flexibility index (Phi) is 3.01. The lowest BCUT2D eigenvalue weighted by atomic mass is 9.79. The fourth-order valence-electron chi connectivity index (χ4n) is 5.74. The van der Waals surface area contributed by atoms with Gasteiger partial charge in [0.1, 0.15) is 11.1 Å². The number of fused-ring (bicyclic) bond motifs is 1. The van der Waals surface area contributed by atoms with E-state index in [9.17, 15) is 14.4 Å². The van der Waals surface area contributed by atoms with Crippen LogP contribution in [0.2, 0.25) is 0 Å². The smallest absolute Gasteiger partial charge is 0.322 e. The van der Waals surface area contributed by atoms with E-state index in [2.05, 4.69) is 26.1 Å². The first-order valence-corrected chi connectivity index (χ1v) is 9.80. The summed E-state index contributed by atoms with van der Waals surface area (Å²) in [5.41, 5.74) is -0.404. The van der Waals surface area contributed by atoms with Crippen molar-refractivity contribution in [3.8, 4) is 11.4 Å². The van der Waals surface area contributed by atoms with Crippen LogP contribution in [0, 0.1) is 17.8 Å². The lowest BCUT2D eigenvalue weighted by molar-refractivity contribution is -0.124. The van der Waals surface area contributed by atoms with E-state index in [0.29, 0.717) is 28.8 Å². The van der Waals surface area contributed by atoms with E-state index >= 15 is 0 Å². The fourth-order valence-corrected chi connectivity index (χ4v) is 5.74. The summed E-state index contributed by atoms with van der Waals surface area (Å²) in [7, 11) is 0. The molecule has 29 heavy (non-hydrogen) atoms. The summed E-state index contributed by atoms with van der Waals surface area (Å²) in [6.07, 6.45) is 2.81. The number of nitrogens with zero attached hydrogens (tertiary/aromatic N) is 2. The minimum absolute atomic E-state index is 0.0527. The van der Waals surface area contributed by atoms with Gasteiger partial charge >= 0.3 is 6.03 Å². The summed E-state index contributed by atoms with van der Waals surface area (Å²) in [5, 5.41) is 12.2. The second-order valence-electron chi connectivity index (χ2n) is 8.75. The molecule has 2 aliphatic heterocycles. The molecule has 2 bridgehead atoms. The van der Waals surface area contributed by atoms with Crippen molar-refractivity contribution in [1.82, 2.24) is 26.1 Å². The van der Waals surface area contributed by atoms with Gasteiger partial charge in [-0.25, -0.2) is 4.79 Å². The Morgan fingerprint density at radius 1 is 1.17 bits per heavy atom. The van der Waals surface area contributed by atoms with Crippen LogP contribution in [0.3, 0.4) is 0 Å². The molecule has 3 N–H and O–H groups in total. The highest BCUT2D eigenvalue weighted by atomic mass is 16.5. The number of carbonyl (C=O) groups is 3. The van der Waals surface area contributed by atoms with E-state index in [0.717, 1.165) is 19.3 Å². The lowest BCUT2D eigenvalue weighted by Gasteiger charge is -2.28. The van der Waals surface area contributed by atoms with Gasteiger partial charge in [0.25, 0.3) is 11.8 Å². The van der Waals surface area contributed by atoms with E-state index in [1.165, 1.54) is 0 Å². The molecule has 4 fully saturated rings. The van der Waals surface area contributed by atoms with Crippen molar-refractivity contribution in [3.63, 3.8) is 0 Å². The fraction of sp³-hybridized carbons (Fsp3) is 0.450. The molecule has 9 heteroatoms. The molecule has 4 aliphatic rings. The maximum atomic E-state index is 12.4. The van der Waals surface area contributed by atoms with Crippen molar-refractivity contribution in [3.05, 3.63) is 35.7 Å². The standard InChI is InChI=1S/C20H19N5O4/c1-19(16(27)22-18(28)24-19)11-4-2-3-10(7-11)14-21-17(29-25-14)20-8-9-5-12(13(20)6-9)15(26)23-20/h2-4,7,9,12-13H,5-6,8H2,1H3,(H,23,26)(H2,22,24,27,28). The topological polar surface area (TPSA) is 126 Å². The van der Waals surface area contributed by atoms with Crippen LogP contribution in [-0.2, 0) is 20.7 Å². The molecule has 2 aliphatic carbocycles. The van der Waals surface area contributed by atoms with Crippen molar-refractivity contribution in [1.29, 1.82) is 0 Å². The summed E-state index contributed by atoms with van der Waals surface area (Å²) in [6, 6.07) is 6.63. The van der Waals surface area contributed by atoms with E-state index < -0.39 is 23.0 Å². The highest BCUT2D eigenvalue weighted by Crippen LogP contribution is 2.61.